The highest BCUT2D eigenvalue weighted by Gasteiger charge is 2.13. The Bertz CT molecular complexity index is 825. The number of fused-ring (bicyclic) bond motifs is 1. The van der Waals surface area contributed by atoms with Gasteiger partial charge in [-0.3, -0.25) is 4.79 Å². The van der Waals surface area contributed by atoms with Crippen LogP contribution in [0.2, 0.25) is 0 Å². The van der Waals surface area contributed by atoms with Gasteiger partial charge in [-0.1, -0.05) is 6.07 Å². The Kier molecular flexibility index (Phi) is 4.33. The zero-order valence-electron chi connectivity index (χ0n) is 11.9. The van der Waals surface area contributed by atoms with Gasteiger partial charge >= 0.3 is 0 Å². The first kappa shape index (κ1) is 15.3. The van der Waals surface area contributed by atoms with Crippen molar-refractivity contribution in [2.45, 2.75) is 6.10 Å². The number of nitrogens with zero attached hydrogens (tertiary/aromatic N) is 1. The van der Waals surface area contributed by atoms with Crippen LogP contribution in [0.4, 0.5) is 0 Å². The summed E-state index contributed by atoms with van der Waals surface area (Å²) in [6.45, 7) is 0.187. The van der Waals surface area contributed by atoms with Crippen molar-refractivity contribution in [1.82, 2.24) is 9.88 Å². The van der Waals surface area contributed by atoms with Crippen LogP contribution in [0.5, 0.6) is 0 Å². The zero-order valence-corrected chi connectivity index (χ0v) is 14.3. The topological polar surface area (TPSA) is 54.3 Å². The van der Waals surface area contributed by atoms with Crippen molar-refractivity contribution in [2.75, 3.05) is 6.54 Å². The van der Waals surface area contributed by atoms with Gasteiger partial charge in [-0.05, 0) is 51.1 Å². The Labute approximate surface area is 140 Å². The van der Waals surface area contributed by atoms with E-state index in [1.807, 2.05) is 47.5 Å². The lowest BCUT2D eigenvalue weighted by Crippen LogP contribution is -2.27. The lowest BCUT2D eigenvalue weighted by Gasteiger charge is -2.12. The number of rotatable bonds is 4. The largest absolute Gasteiger partial charge is 0.387 e. The molecule has 6 heteroatoms. The van der Waals surface area contributed by atoms with Gasteiger partial charge in [0.25, 0.3) is 5.91 Å². The summed E-state index contributed by atoms with van der Waals surface area (Å²) >= 11 is 4.69. The summed E-state index contributed by atoms with van der Waals surface area (Å²) in [5, 5.41) is 16.0. The van der Waals surface area contributed by atoms with Gasteiger partial charge in [0.1, 0.15) is 0 Å². The van der Waals surface area contributed by atoms with E-state index in [1.54, 1.807) is 6.07 Å². The molecule has 0 aliphatic carbocycles. The normalized spacial score (nSPS) is 12.5. The average molecular weight is 379 g/mol. The molecule has 0 saturated carbocycles. The van der Waals surface area contributed by atoms with Crippen LogP contribution < -0.4 is 5.32 Å². The molecule has 1 atom stereocenters. The molecule has 1 unspecified atom stereocenters. The molecule has 3 rings (SSSR count). The molecular formula is C16H15BrN2O2S. The highest BCUT2D eigenvalue weighted by Crippen LogP contribution is 2.22. The van der Waals surface area contributed by atoms with E-state index in [4.69, 9.17) is 0 Å². The predicted octanol–water partition coefficient (Wildman–Crippen LogP) is 3.47. The average Bonchev–Trinajstić information content (AvgIpc) is 3.11. The van der Waals surface area contributed by atoms with Gasteiger partial charge in [0.2, 0.25) is 0 Å². The Balaban J connectivity index is 1.67. The molecule has 0 fully saturated rings. The molecule has 22 heavy (non-hydrogen) atoms. The number of aliphatic hydroxyl groups excluding tert-OH is 1. The maximum absolute atomic E-state index is 12.0. The van der Waals surface area contributed by atoms with Crippen LogP contribution >= 0.6 is 27.3 Å². The minimum Gasteiger partial charge on any atom is -0.387 e. The van der Waals surface area contributed by atoms with E-state index in [9.17, 15) is 9.90 Å². The lowest BCUT2D eigenvalue weighted by molar-refractivity contribution is 0.0920. The number of carbonyl (C=O) groups excluding carboxylic acids is 1. The van der Waals surface area contributed by atoms with E-state index in [1.165, 1.54) is 11.3 Å². The number of aliphatic hydroxyl groups is 1. The lowest BCUT2D eigenvalue weighted by atomic mass is 10.1. The summed E-state index contributed by atoms with van der Waals surface area (Å²) in [6.07, 6.45) is 1.26. The smallest absolute Gasteiger partial charge is 0.261 e. The van der Waals surface area contributed by atoms with E-state index < -0.39 is 6.10 Å². The van der Waals surface area contributed by atoms with Crippen molar-refractivity contribution in [2.24, 2.45) is 7.05 Å². The molecule has 0 saturated heterocycles. The van der Waals surface area contributed by atoms with Crippen LogP contribution in [0.15, 0.2) is 46.4 Å². The minimum atomic E-state index is -0.725. The number of thiophene rings is 1. The van der Waals surface area contributed by atoms with Gasteiger partial charge in [-0.25, -0.2) is 0 Å². The highest BCUT2D eigenvalue weighted by atomic mass is 79.9. The van der Waals surface area contributed by atoms with Crippen molar-refractivity contribution >= 4 is 44.1 Å². The predicted molar refractivity (Wildman–Crippen MR) is 92.2 cm³/mol. The molecule has 0 bridgehead atoms. The molecule has 0 aliphatic heterocycles. The summed E-state index contributed by atoms with van der Waals surface area (Å²) in [6, 6.07) is 9.59. The summed E-state index contributed by atoms with van der Waals surface area (Å²) < 4.78 is 2.92. The number of halogens is 1. The quantitative estimate of drug-likeness (QED) is 0.730. The van der Waals surface area contributed by atoms with Crippen molar-refractivity contribution in [3.8, 4) is 0 Å². The first-order valence-corrected chi connectivity index (χ1v) is 8.47. The third-order valence-electron chi connectivity index (χ3n) is 3.54. The molecule has 4 nitrogen and oxygen atoms in total. The Morgan fingerprint density at radius 1 is 1.41 bits per heavy atom. The van der Waals surface area contributed by atoms with Crippen LogP contribution in [0.1, 0.15) is 21.3 Å². The Hall–Kier alpha value is -1.63. The number of nitrogens with one attached hydrogen (secondary N) is 1. The molecule has 0 aliphatic rings. The van der Waals surface area contributed by atoms with Gasteiger partial charge in [-0.15, -0.1) is 11.3 Å². The van der Waals surface area contributed by atoms with Crippen LogP contribution in [0.25, 0.3) is 10.9 Å². The molecule has 3 aromatic rings. The summed E-state index contributed by atoms with van der Waals surface area (Å²) in [5.41, 5.74) is 1.91. The fourth-order valence-corrected chi connectivity index (χ4v) is 3.68. The van der Waals surface area contributed by atoms with E-state index in [-0.39, 0.29) is 12.5 Å². The number of amides is 1. The fourth-order valence-electron chi connectivity index (χ4n) is 2.33. The third-order valence-corrected chi connectivity index (χ3v) is 5.23. The number of hydrogen-bond acceptors (Lipinski definition) is 3. The second-order valence-electron chi connectivity index (χ2n) is 5.10. The molecule has 2 aromatic heterocycles. The molecule has 0 radical (unpaired) electrons. The second-order valence-corrected chi connectivity index (χ2v) is 6.93. The minimum absolute atomic E-state index is 0.171. The number of aromatic nitrogens is 1. The summed E-state index contributed by atoms with van der Waals surface area (Å²) in [4.78, 5) is 12.6. The van der Waals surface area contributed by atoms with E-state index in [0.29, 0.717) is 4.88 Å². The monoisotopic (exact) mass is 378 g/mol. The third kappa shape index (κ3) is 3.09. The van der Waals surface area contributed by atoms with Crippen molar-refractivity contribution in [1.29, 1.82) is 0 Å². The molecule has 2 heterocycles. The molecule has 114 valence electrons. The van der Waals surface area contributed by atoms with Gasteiger partial charge in [0.05, 0.1) is 11.0 Å². The molecular weight excluding hydrogens is 364 g/mol. The van der Waals surface area contributed by atoms with E-state index in [2.05, 4.69) is 21.2 Å². The Morgan fingerprint density at radius 2 is 2.23 bits per heavy atom. The van der Waals surface area contributed by atoms with E-state index >= 15 is 0 Å². The first-order valence-electron chi connectivity index (χ1n) is 6.80. The second kappa shape index (κ2) is 6.24. The van der Waals surface area contributed by atoms with Gasteiger partial charge in [-0.2, -0.15) is 0 Å². The van der Waals surface area contributed by atoms with Gasteiger partial charge < -0.3 is 15.0 Å². The van der Waals surface area contributed by atoms with Crippen molar-refractivity contribution < 1.29 is 9.90 Å². The van der Waals surface area contributed by atoms with Crippen LogP contribution in [-0.2, 0) is 7.05 Å². The zero-order chi connectivity index (χ0) is 15.7. The first-order chi connectivity index (χ1) is 10.5. The summed E-state index contributed by atoms with van der Waals surface area (Å²) in [7, 11) is 1.98. The number of aryl methyl sites for hydroxylation is 1. The maximum Gasteiger partial charge on any atom is 0.261 e. The fraction of sp³-hybridized carbons (Fsp3) is 0.188. The van der Waals surface area contributed by atoms with Gasteiger partial charge in [0.15, 0.2) is 0 Å². The van der Waals surface area contributed by atoms with E-state index in [0.717, 1.165) is 20.9 Å². The van der Waals surface area contributed by atoms with Crippen LogP contribution in [0, 0.1) is 0 Å². The van der Waals surface area contributed by atoms with Gasteiger partial charge in [0, 0.05) is 35.2 Å². The highest BCUT2D eigenvalue weighted by molar-refractivity contribution is 9.10. The number of benzene rings is 1. The molecule has 1 amide bonds. The number of carbonyl (C=O) groups is 1. The molecule has 2 N–H and O–H groups in total. The molecule has 0 spiro atoms. The molecule has 1 aromatic carbocycles. The maximum atomic E-state index is 12.0. The Morgan fingerprint density at radius 3 is 2.95 bits per heavy atom. The van der Waals surface area contributed by atoms with Crippen LogP contribution in [0.3, 0.4) is 0 Å². The van der Waals surface area contributed by atoms with Crippen LogP contribution in [-0.4, -0.2) is 22.1 Å². The van der Waals surface area contributed by atoms with Crippen molar-refractivity contribution in [3.05, 3.63) is 56.8 Å². The summed E-state index contributed by atoms with van der Waals surface area (Å²) in [5.74, 6) is -0.171. The standard InChI is InChI=1S/C16H15BrN2O2S/c1-19-5-4-10-6-11(2-3-13(10)19)14(20)8-18-16(21)15-7-12(17)9-22-15/h2-7,9,14,20H,8H2,1H3,(H,18,21). The SMILES string of the molecule is Cn1ccc2cc(C(O)CNC(=O)c3cc(Br)cs3)ccc21. The number of hydrogen-bond donors (Lipinski definition) is 2. The van der Waals surface area contributed by atoms with Crippen molar-refractivity contribution in [3.63, 3.8) is 0 Å².